The highest BCUT2D eigenvalue weighted by Gasteiger charge is 2.38. The molecule has 0 radical (unpaired) electrons. The van der Waals surface area contributed by atoms with Crippen molar-refractivity contribution in [3.8, 4) is 0 Å². The van der Waals surface area contributed by atoms with Gasteiger partial charge in [-0.15, -0.1) is 0 Å². The average Bonchev–Trinajstić information content (AvgIpc) is 3.36. The maximum absolute atomic E-state index is 13.7. The first-order valence-electron chi connectivity index (χ1n) is 15.8. The number of carbonyl (C=O) groups is 6. The van der Waals surface area contributed by atoms with E-state index in [0.29, 0.717) is 5.06 Å². The molecule has 0 aliphatic carbocycles. The highest BCUT2D eigenvalue weighted by atomic mass is 16.7. The van der Waals surface area contributed by atoms with Crippen LogP contribution >= 0.6 is 0 Å². The van der Waals surface area contributed by atoms with Crippen LogP contribution in [0, 0.1) is 0 Å². The van der Waals surface area contributed by atoms with Gasteiger partial charge in [-0.1, -0.05) is 108 Å². The van der Waals surface area contributed by atoms with Crippen molar-refractivity contribution in [2.24, 2.45) is 0 Å². The third kappa shape index (κ3) is 9.48. The van der Waals surface area contributed by atoms with Crippen LogP contribution in [0.25, 0.3) is 0 Å². The van der Waals surface area contributed by atoms with Crippen molar-refractivity contribution in [2.75, 3.05) is 0 Å². The molecule has 4 aromatic rings. The molecule has 0 saturated heterocycles. The van der Waals surface area contributed by atoms with Crippen molar-refractivity contribution in [2.45, 2.75) is 50.8 Å². The van der Waals surface area contributed by atoms with Crippen molar-refractivity contribution < 1.29 is 38.3 Å². The van der Waals surface area contributed by atoms with Crippen LogP contribution in [-0.2, 0) is 48.2 Å². The van der Waals surface area contributed by atoms with Crippen molar-refractivity contribution in [1.82, 2.24) is 15.7 Å². The van der Waals surface area contributed by atoms with Crippen LogP contribution in [0.5, 0.6) is 0 Å². The molecule has 1 aliphatic rings. The topological polar surface area (TPSA) is 148 Å². The predicted octanol–water partition coefficient (Wildman–Crippen LogP) is 4.11. The number of benzene rings is 4. The largest absolute Gasteiger partial charge is 0.459 e. The second kappa shape index (κ2) is 16.6. The first-order valence-corrected chi connectivity index (χ1v) is 15.8. The summed E-state index contributed by atoms with van der Waals surface area (Å²) in [4.78, 5) is 82.5. The number of fused-ring (bicyclic) bond motifs is 1. The molecule has 2 atom stereocenters. The summed E-state index contributed by atoms with van der Waals surface area (Å²) in [5, 5.41) is 5.94. The van der Waals surface area contributed by atoms with E-state index in [9.17, 15) is 28.8 Å². The number of imide groups is 1. The lowest BCUT2D eigenvalue weighted by molar-refractivity contribution is -0.168. The Kier molecular flexibility index (Phi) is 11.6. The average molecular weight is 662 g/mol. The van der Waals surface area contributed by atoms with E-state index >= 15 is 0 Å². The molecule has 4 amide bonds. The van der Waals surface area contributed by atoms with Crippen LogP contribution in [0.15, 0.2) is 115 Å². The van der Waals surface area contributed by atoms with E-state index in [1.54, 1.807) is 12.1 Å². The van der Waals surface area contributed by atoms with Gasteiger partial charge >= 0.3 is 11.9 Å². The van der Waals surface area contributed by atoms with E-state index in [-0.39, 0.29) is 49.8 Å². The lowest BCUT2D eigenvalue weighted by Crippen LogP contribution is -2.53. The minimum atomic E-state index is -1.06. The van der Waals surface area contributed by atoms with Gasteiger partial charge in [-0.3, -0.25) is 19.2 Å². The monoisotopic (exact) mass is 661 g/mol. The maximum atomic E-state index is 13.7. The van der Waals surface area contributed by atoms with Crippen molar-refractivity contribution in [3.05, 3.63) is 143 Å². The first-order chi connectivity index (χ1) is 23.8. The van der Waals surface area contributed by atoms with Gasteiger partial charge in [0.25, 0.3) is 11.8 Å². The highest BCUT2D eigenvalue weighted by Crippen LogP contribution is 2.23. The molecule has 0 aromatic heterocycles. The molecule has 4 aromatic carbocycles. The normalized spacial score (nSPS) is 13.2. The molecule has 1 heterocycles. The van der Waals surface area contributed by atoms with Crippen molar-refractivity contribution in [3.63, 3.8) is 0 Å². The summed E-state index contributed by atoms with van der Waals surface area (Å²) < 4.78 is 5.57. The third-order valence-electron chi connectivity index (χ3n) is 7.78. The molecule has 1 aliphatic heterocycles. The molecule has 0 spiro atoms. The Balaban J connectivity index is 1.20. The summed E-state index contributed by atoms with van der Waals surface area (Å²) >= 11 is 0. The van der Waals surface area contributed by atoms with E-state index in [4.69, 9.17) is 9.57 Å². The number of nitrogens with zero attached hydrogens (tertiary/aromatic N) is 1. The van der Waals surface area contributed by atoms with Crippen LogP contribution in [0.4, 0.5) is 0 Å². The number of nitrogens with one attached hydrogen (secondary N) is 2. The fraction of sp³-hybridized carbons (Fsp3) is 0.211. The zero-order chi connectivity index (χ0) is 34.6. The van der Waals surface area contributed by atoms with E-state index in [2.05, 4.69) is 10.6 Å². The van der Waals surface area contributed by atoms with Crippen LogP contribution in [0.3, 0.4) is 0 Å². The van der Waals surface area contributed by atoms with Gasteiger partial charge in [0.2, 0.25) is 11.8 Å². The van der Waals surface area contributed by atoms with Gasteiger partial charge in [0.15, 0.2) is 0 Å². The van der Waals surface area contributed by atoms with E-state index in [1.165, 1.54) is 12.1 Å². The van der Waals surface area contributed by atoms with E-state index in [1.807, 2.05) is 91.0 Å². The summed E-state index contributed by atoms with van der Waals surface area (Å²) in [5.41, 5.74) is 2.65. The maximum Gasteiger partial charge on any atom is 0.333 e. The Morgan fingerprint density at radius 1 is 0.592 bits per heavy atom. The molecule has 0 fully saturated rings. The summed E-state index contributed by atoms with van der Waals surface area (Å²) in [7, 11) is 0. The second-order valence-electron chi connectivity index (χ2n) is 11.4. The lowest BCUT2D eigenvalue weighted by Gasteiger charge is -2.23. The van der Waals surface area contributed by atoms with Crippen LogP contribution in [-0.4, -0.2) is 52.7 Å². The standard InChI is InChI=1S/C38H35N3O8/c42-33(21-12-22-34(43)49-41-36(45)29-19-10-11-20-30(29)37(41)46)39-31(23-26-13-4-1-5-14-26)35(44)40-32(24-27-15-6-2-7-16-27)38(47)48-25-28-17-8-3-9-18-28/h1-11,13-20,31-32H,12,21-25H2,(H,39,42)(H,40,44). The summed E-state index contributed by atoms with van der Waals surface area (Å²) in [6.07, 6.45) is -0.0835. The molecule has 11 nitrogen and oxygen atoms in total. The molecule has 0 bridgehead atoms. The molecule has 250 valence electrons. The zero-order valence-electron chi connectivity index (χ0n) is 26.6. The van der Waals surface area contributed by atoms with E-state index < -0.39 is 47.7 Å². The van der Waals surface area contributed by atoms with Crippen molar-refractivity contribution >= 4 is 35.6 Å². The predicted molar refractivity (Wildman–Crippen MR) is 177 cm³/mol. The molecule has 11 heteroatoms. The number of amides is 4. The molecule has 2 N–H and O–H groups in total. The van der Waals surface area contributed by atoms with Gasteiger partial charge in [0.05, 0.1) is 11.1 Å². The number of carbonyl (C=O) groups excluding carboxylic acids is 6. The quantitative estimate of drug-likeness (QED) is 0.143. The lowest BCUT2D eigenvalue weighted by atomic mass is 10.0. The van der Waals surface area contributed by atoms with E-state index in [0.717, 1.165) is 16.7 Å². The Morgan fingerprint density at radius 2 is 1.08 bits per heavy atom. The molecule has 5 rings (SSSR count). The Bertz CT molecular complexity index is 1760. The summed E-state index contributed by atoms with van der Waals surface area (Å²) in [6.45, 7) is 0.0282. The fourth-order valence-electron chi connectivity index (χ4n) is 5.26. The number of rotatable bonds is 15. The van der Waals surface area contributed by atoms with Gasteiger partial charge in [-0.25, -0.2) is 9.59 Å². The number of esters is 1. The zero-order valence-corrected chi connectivity index (χ0v) is 26.6. The van der Waals surface area contributed by atoms with Gasteiger partial charge in [-0.05, 0) is 35.2 Å². The molecule has 49 heavy (non-hydrogen) atoms. The van der Waals surface area contributed by atoms with Gasteiger partial charge in [0.1, 0.15) is 18.7 Å². The number of hydroxylamine groups is 2. The van der Waals surface area contributed by atoms with Crippen LogP contribution in [0.2, 0.25) is 0 Å². The van der Waals surface area contributed by atoms with Crippen LogP contribution in [0.1, 0.15) is 56.7 Å². The van der Waals surface area contributed by atoms with Gasteiger partial charge < -0.3 is 20.2 Å². The summed E-state index contributed by atoms with van der Waals surface area (Å²) in [5.74, 6) is -4.07. The SMILES string of the molecule is O=C(CCCC(=O)ON1C(=O)c2ccccc2C1=O)NC(Cc1ccccc1)C(=O)NC(Cc1ccccc1)C(=O)OCc1ccccc1. The van der Waals surface area contributed by atoms with Crippen LogP contribution < -0.4 is 10.6 Å². The summed E-state index contributed by atoms with van der Waals surface area (Å²) in [6, 6.07) is 31.5. The van der Waals surface area contributed by atoms with Crippen molar-refractivity contribution in [1.29, 1.82) is 0 Å². The Morgan fingerprint density at radius 3 is 1.63 bits per heavy atom. The second-order valence-corrected chi connectivity index (χ2v) is 11.4. The minimum absolute atomic E-state index is 0.0238. The third-order valence-corrected chi connectivity index (χ3v) is 7.78. The fourth-order valence-corrected chi connectivity index (χ4v) is 5.26. The number of hydrogen-bond acceptors (Lipinski definition) is 8. The Labute approximate surface area is 283 Å². The molecule has 0 saturated carbocycles. The minimum Gasteiger partial charge on any atom is -0.459 e. The molecule has 2 unspecified atom stereocenters. The number of ether oxygens (including phenoxy) is 1. The van der Waals surface area contributed by atoms with Gasteiger partial charge in [-0.2, -0.15) is 0 Å². The first kappa shape index (κ1) is 34.2. The number of hydrogen-bond donors (Lipinski definition) is 2. The molecular formula is C38H35N3O8. The molecular weight excluding hydrogens is 626 g/mol. The smallest absolute Gasteiger partial charge is 0.333 e. The highest BCUT2D eigenvalue weighted by molar-refractivity contribution is 6.20. The van der Waals surface area contributed by atoms with Gasteiger partial charge in [0, 0.05) is 25.7 Å². The Hall–Kier alpha value is -6.10.